The minimum Gasteiger partial charge on any atom is -0.356 e. The van der Waals surface area contributed by atoms with E-state index in [9.17, 15) is 9.59 Å². The lowest BCUT2D eigenvalue weighted by Crippen LogP contribution is -2.63. The van der Waals surface area contributed by atoms with Crippen molar-refractivity contribution in [2.45, 2.75) is 24.9 Å². The average Bonchev–Trinajstić information content (AvgIpc) is 3.23. The van der Waals surface area contributed by atoms with E-state index in [4.69, 9.17) is 0 Å². The molecule has 1 saturated heterocycles. The van der Waals surface area contributed by atoms with Gasteiger partial charge in [0, 0.05) is 29.6 Å². The van der Waals surface area contributed by atoms with Crippen molar-refractivity contribution in [1.82, 2.24) is 14.8 Å². The molecule has 2 aliphatic rings. The third-order valence-electron chi connectivity index (χ3n) is 6.97. The largest absolute Gasteiger partial charge is 0.356 e. The van der Waals surface area contributed by atoms with Crippen molar-refractivity contribution in [3.63, 3.8) is 0 Å². The molecule has 0 unspecified atom stereocenters. The maximum absolute atomic E-state index is 13.7. The zero-order valence-electron chi connectivity index (χ0n) is 18.3. The first-order valence-electron chi connectivity index (χ1n) is 11.5. The minimum atomic E-state index is -0.487. The van der Waals surface area contributed by atoms with Crippen molar-refractivity contribution in [3.8, 4) is 0 Å². The zero-order chi connectivity index (χ0) is 22.4. The summed E-state index contributed by atoms with van der Waals surface area (Å²) in [6.45, 7) is 0.677. The van der Waals surface area contributed by atoms with Crippen molar-refractivity contribution in [3.05, 3.63) is 107 Å². The zero-order valence-corrected chi connectivity index (χ0v) is 18.3. The second-order valence-electron chi connectivity index (χ2n) is 8.89. The summed E-state index contributed by atoms with van der Waals surface area (Å²) >= 11 is 0. The molecule has 33 heavy (non-hydrogen) atoms. The van der Waals surface area contributed by atoms with Crippen LogP contribution in [-0.4, -0.2) is 45.7 Å². The molecule has 4 aromatic rings. The Morgan fingerprint density at radius 2 is 1.55 bits per heavy atom. The molecule has 0 spiro atoms. The van der Waals surface area contributed by atoms with Crippen LogP contribution in [0.1, 0.15) is 28.4 Å². The monoisotopic (exact) mass is 435 g/mol. The van der Waals surface area contributed by atoms with Gasteiger partial charge in [-0.3, -0.25) is 9.59 Å². The number of piperazine rings is 1. The minimum absolute atomic E-state index is 0.00539. The second kappa shape index (κ2) is 7.93. The summed E-state index contributed by atoms with van der Waals surface area (Å²) in [5, 5.41) is 1.13. The molecule has 2 atom stereocenters. The third-order valence-corrected chi connectivity index (χ3v) is 6.97. The fraction of sp³-hybridized carbons (Fsp3) is 0.214. The van der Waals surface area contributed by atoms with Gasteiger partial charge in [0.15, 0.2) is 0 Å². The normalized spacial score (nSPS) is 20.1. The van der Waals surface area contributed by atoms with E-state index >= 15 is 0 Å². The van der Waals surface area contributed by atoms with Crippen LogP contribution in [0.5, 0.6) is 0 Å². The molecule has 5 heteroatoms. The van der Waals surface area contributed by atoms with Crippen LogP contribution in [0.3, 0.4) is 0 Å². The Labute approximate surface area is 192 Å². The second-order valence-corrected chi connectivity index (χ2v) is 8.89. The lowest BCUT2D eigenvalue weighted by molar-refractivity contribution is -0.158. The molecule has 0 radical (unpaired) electrons. The van der Waals surface area contributed by atoms with Crippen molar-refractivity contribution < 1.29 is 9.59 Å². The average molecular weight is 436 g/mol. The number of fused-ring (bicyclic) bond motifs is 4. The van der Waals surface area contributed by atoms with E-state index in [1.54, 1.807) is 4.90 Å². The molecule has 1 aromatic heterocycles. The molecule has 2 amide bonds. The maximum Gasteiger partial charge on any atom is 0.246 e. The summed E-state index contributed by atoms with van der Waals surface area (Å²) in [6, 6.07) is 27.6. The Hall–Kier alpha value is -3.86. The van der Waals surface area contributed by atoms with E-state index in [0.717, 1.165) is 34.1 Å². The molecule has 2 aliphatic heterocycles. The number of H-pyrrole nitrogens is 1. The number of rotatable bonds is 4. The van der Waals surface area contributed by atoms with E-state index in [-0.39, 0.29) is 24.4 Å². The van der Waals surface area contributed by atoms with Gasteiger partial charge in [0.1, 0.15) is 6.04 Å². The topological polar surface area (TPSA) is 56.4 Å². The summed E-state index contributed by atoms with van der Waals surface area (Å²) in [6.07, 6.45) is 1.28. The van der Waals surface area contributed by atoms with Crippen molar-refractivity contribution in [2.75, 3.05) is 13.1 Å². The van der Waals surface area contributed by atoms with Crippen LogP contribution in [0.25, 0.3) is 10.9 Å². The number of nitrogens with one attached hydrogen (secondary N) is 1. The predicted molar refractivity (Wildman–Crippen MR) is 128 cm³/mol. The number of hydrogen-bond donors (Lipinski definition) is 1. The Balaban J connectivity index is 1.40. The highest BCUT2D eigenvalue weighted by molar-refractivity contribution is 5.97. The maximum atomic E-state index is 13.7. The number of carbonyl (C=O) groups excluding carboxylic acids is 2. The highest BCUT2D eigenvalue weighted by Crippen LogP contribution is 2.42. The van der Waals surface area contributed by atoms with E-state index < -0.39 is 6.04 Å². The number of para-hydroxylation sites is 1. The number of aromatic nitrogens is 1. The Morgan fingerprint density at radius 1 is 0.848 bits per heavy atom. The van der Waals surface area contributed by atoms with Crippen molar-refractivity contribution in [1.29, 1.82) is 0 Å². The lowest BCUT2D eigenvalue weighted by Gasteiger charge is -2.47. The van der Waals surface area contributed by atoms with Gasteiger partial charge in [0.2, 0.25) is 11.8 Å². The van der Waals surface area contributed by atoms with Crippen LogP contribution in [-0.2, 0) is 22.4 Å². The quantitative estimate of drug-likeness (QED) is 0.525. The molecule has 1 fully saturated rings. The van der Waals surface area contributed by atoms with Gasteiger partial charge >= 0.3 is 0 Å². The van der Waals surface area contributed by atoms with Crippen LogP contribution >= 0.6 is 0 Å². The molecule has 0 bridgehead atoms. The predicted octanol–water partition coefficient (Wildman–Crippen LogP) is 4.10. The molecule has 0 aliphatic carbocycles. The van der Waals surface area contributed by atoms with E-state index in [1.807, 2.05) is 65.6 Å². The molecule has 1 N–H and O–H groups in total. The fourth-order valence-corrected chi connectivity index (χ4v) is 5.40. The van der Waals surface area contributed by atoms with Gasteiger partial charge in [-0.1, -0.05) is 78.9 Å². The van der Waals surface area contributed by atoms with Crippen LogP contribution < -0.4 is 0 Å². The smallest absolute Gasteiger partial charge is 0.246 e. The highest BCUT2D eigenvalue weighted by Gasteiger charge is 2.47. The van der Waals surface area contributed by atoms with Gasteiger partial charge in [0.05, 0.1) is 12.6 Å². The number of benzene rings is 3. The number of hydrogen-bond acceptors (Lipinski definition) is 2. The first-order chi connectivity index (χ1) is 16.2. The Bertz CT molecular complexity index is 1330. The van der Waals surface area contributed by atoms with Crippen molar-refractivity contribution in [2.24, 2.45) is 0 Å². The standard InChI is InChI=1S/C28H25N3O2/c32-25-18-30(16-15-19-9-3-1-4-10-19)28(33)24-17-22-21-13-7-8-14-23(21)29-26(22)27(31(24)25)20-11-5-2-6-12-20/h1-14,24,27,29H,15-18H2/t24-,27+/m0/s1. The van der Waals surface area contributed by atoms with E-state index in [1.165, 1.54) is 5.56 Å². The number of carbonyl (C=O) groups is 2. The molecule has 3 aromatic carbocycles. The molecule has 3 heterocycles. The first kappa shape index (κ1) is 19.8. The van der Waals surface area contributed by atoms with Crippen molar-refractivity contribution >= 4 is 22.7 Å². The fourth-order valence-electron chi connectivity index (χ4n) is 5.40. The summed E-state index contributed by atoms with van der Waals surface area (Å²) < 4.78 is 0. The lowest BCUT2D eigenvalue weighted by atomic mass is 9.86. The Morgan fingerprint density at radius 3 is 2.33 bits per heavy atom. The molecular formula is C28H25N3O2. The number of aromatic amines is 1. The first-order valence-corrected chi connectivity index (χ1v) is 11.5. The van der Waals surface area contributed by atoms with Crippen LogP contribution in [0.15, 0.2) is 84.9 Å². The van der Waals surface area contributed by atoms with Crippen LogP contribution in [0.4, 0.5) is 0 Å². The molecule has 5 nitrogen and oxygen atoms in total. The van der Waals surface area contributed by atoms with Gasteiger partial charge in [-0.05, 0) is 29.2 Å². The SMILES string of the molecule is O=C1[C@@H]2Cc3c([nH]c4ccccc34)[C@@H](c3ccccc3)N2C(=O)CN1CCc1ccccc1. The summed E-state index contributed by atoms with van der Waals surface area (Å²) in [4.78, 5) is 34.4. The van der Waals surface area contributed by atoms with Gasteiger partial charge in [-0.15, -0.1) is 0 Å². The van der Waals surface area contributed by atoms with Crippen LogP contribution in [0, 0.1) is 0 Å². The molecule has 164 valence electrons. The molecular weight excluding hydrogens is 410 g/mol. The number of amides is 2. The summed E-state index contributed by atoms with van der Waals surface area (Å²) in [5.41, 5.74) is 5.41. The van der Waals surface area contributed by atoms with Crippen LogP contribution in [0.2, 0.25) is 0 Å². The summed E-state index contributed by atoms with van der Waals surface area (Å²) in [7, 11) is 0. The molecule has 6 rings (SSSR count). The highest BCUT2D eigenvalue weighted by atomic mass is 16.2. The van der Waals surface area contributed by atoms with E-state index in [2.05, 4.69) is 29.2 Å². The van der Waals surface area contributed by atoms with Gasteiger partial charge < -0.3 is 14.8 Å². The number of nitrogens with zero attached hydrogens (tertiary/aromatic N) is 2. The summed E-state index contributed by atoms with van der Waals surface area (Å²) in [5.74, 6) is 0.0493. The van der Waals surface area contributed by atoms with Gasteiger partial charge in [-0.25, -0.2) is 0 Å². The Kier molecular flexibility index (Phi) is 4.75. The van der Waals surface area contributed by atoms with Gasteiger partial charge in [0.25, 0.3) is 0 Å². The van der Waals surface area contributed by atoms with Gasteiger partial charge in [-0.2, -0.15) is 0 Å². The van der Waals surface area contributed by atoms with E-state index in [0.29, 0.717) is 13.0 Å². The third kappa shape index (κ3) is 3.32. The molecule has 0 saturated carbocycles.